The molecule has 1 aromatic carbocycles. The second kappa shape index (κ2) is 6.94. The van der Waals surface area contributed by atoms with Gasteiger partial charge in [-0.05, 0) is 50.2 Å². The first-order valence-electron chi connectivity index (χ1n) is 9.32. The molecule has 1 N–H and O–H groups in total. The monoisotopic (exact) mass is 343 g/mol. The molecule has 4 rings (SSSR count). The maximum Gasteiger partial charge on any atom is 0.322 e. The summed E-state index contributed by atoms with van der Waals surface area (Å²) in [5, 5.41) is 3.00. The third kappa shape index (κ3) is 3.57. The van der Waals surface area contributed by atoms with Crippen LogP contribution in [0.4, 0.5) is 10.5 Å². The van der Waals surface area contributed by atoms with Crippen molar-refractivity contribution in [1.82, 2.24) is 10.2 Å². The van der Waals surface area contributed by atoms with E-state index in [-0.39, 0.29) is 18.5 Å². The van der Waals surface area contributed by atoms with E-state index in [0.717, 1.165) is 31.6 Å². The molecule has 0 unspecified atom stereocenters. The van der Waals surface area contributed by atoms with E-state index in [1.165, 1.54) is 19.3 Å². The van der Waals surface area contributed by atoms with E-state index in [9.17, 15) is 9.59 Å². The van der Waals surface area contributed by atoms with E-state index in [1.807, 2.05) is 29.2 Å². The number of likely N-dealkylation sites (tertiary alicyclic amines) is 1. The summed E-state index contributed by atoms with van der Waals surface area (Å²) in [6, 6.07) is 7.31. The van der Waals surface area contributed by atoms with Gasteiger partial charge >= 0.3 is 6.03 Å². The summed E-state index contributed by atoms with van der Waals surface area (Å²) in [4.78, 5) is 29.1. The first kappa shape index (κ1) is 16.2. The average Bonchev–Trinajstić information content (AvgIpc) is 3.50. The highest BCUT2D eigenvalue weighted by atomic mass is 16.5. The summed E-state index contributed by atoms with van der Waals surface area (Å²) in [7, 11) is 0. The lowest BCUT2D eigenvalue weighted by atomic mass is 10.1. The van der Waals surface area contributed by atoms with Crippen LogP contribution in [0.25, 0.3) is 0 Å². The number of hydrogen-bond donors (Lipinski definition) is 1. The van der Waals surface area contributed by atoms with Gasteiger partial charge in [0.2, 0.25) is 0 Å². The average molecular weight is 343 g/mol. The van der Waals surface area contributed by atoms with Crippen LogP contribution < -0.4 is 15.0 Å². The van der Waals surface area contributed by atoms with Crippen LogP contribution in [0.2, 0.25) is 0 Å². The van der Waals surface area contributed by atoms with E-state index in [1.54, 1.807) is 4.90 Å². The van der Waals surface area contributed by atoms with Gasteiger partial charge < -0.3 is 15.0 Å². The van der Waals surface area contributed by atoms with Crippen molar-refractivity contribution in [2.24, 2.45) is 5.92 Å². The van der Waals surface area contributed by atoms with Crippen LogP contribution in [0.1, 0.15) is 32.1 Å². The number of fused-ring (bicyclic) bond motifs is 1. The number of anilines is 1. The third-order valence-corrected chi connectivity index (χ3v) is 5.20. The zero-order valence-corrected chi connectivity index (χ0v) is 14.4. The van der Waals surface area contributed by atoms with Crippen molar-refractivity contribution in [2.45, 2.75) is 38.2 Å². The van der Waals surface area contributed by atoms with Crippen LogP contribution in [-0.2, 0) is 4.79 Å². The van der Waals surface area contributed by atoms with Gasteiger partial charge in [0.15, 0.2) is 6.10 Å². The Labute approximate surface area is 148 Å². The van der Waals surface area contributed by atoms with Gasteiger partial charge in [-0.25, -0.2) is 4.79 Å². The Morgan fingerprint density at radius 1 is 1.12 bits per heavy atom. The van der Waals surface area contributed by atoms with Gasteiger partial charge in [-0.15, -0.1) is 0 Å². The largest absolute Gasteiger partial charge is 0.476 e. The molecule has 3 aliphatic rings. The maximum absolute atomic E-state index is 12.8. The van der Waals surface area contributed by atoms with Gasteiger partial charge in [0.25, 0.3) is 5.91 Å². The van der Waals surface area contributed by atoms with Crippen molar-refractivity contribution in [1.29, 1.82) is 0 Å². The summed E-state index contributed by atoms with van der Waals surface area (Å²) in [5.41, 5.74) is 0.735. The molecule has 1 aromatic rings. The van der Waals surface area contributed by atoms with E-state index >= 15 is 0 Å². The highest BCUT2D eigenvalue weighted by Crippen LogP contribution is 2.34. The fourth-order valence-corrected chi connectivity index (χ4v) is 3.52. The molecule has 134 valence electrons. The van der Waals surface area contributed by atoms with Gasteiger partial charge in [0, 0.05) is 19.6 Å². The fourth-order valence-electron chi connectivity index (χ4n) is 3.52. The molecule has 1 atom stereocenters. The Bertz CT molecular complexity index is 653. The minimum absolute atomic E-state index is 0.00537. The predicted molar refractivity (Wildman–Crippen MR) is 94.8 cm³/mol. The minimum atomic E-state index is -0.625. The number of benzene rings is 1. The van der Waals surface area contributed by atoms with E-state index in [0.29, 0.717) is 18.2 Å². The van der Waals surface area contributed by atoms with Crippen molar-refractivity contribution in [2.75, 3.05) is 31.1 Å². The lowest BCUT2D eigenvalue weighted by Crippen LogP contribution is -2.54. The Morgan fingerprint density at radius 3 is 2.64 bits per heavy atom. The van der Waals surface area contributed by atoms with Gasteiger partial charge in [-0.2, -0.15) is 0 Å². The van der Waals surface area contributed by atoms with Crippen LogP contribution in [0.3, 0.4) is 0 Å². The number of carbonyl (C=O) groups excluding carboxylic acids is 2. The lowest BCUT2D eigenvalue weighted by molar-refractivity contribution is -0.139. The molecule has 2 heterocycles. The Balaban J connectivity index is 1.51. The lowest BCUT2D eigenvalue weighted by Gasteiger charge is -2.37. The molecule has 6 nitrogen and oxygen atoms in total. The summed E-state index contributed by atoms with van der Waals surface area (Å²) in [6.45, 7) is 2.55. The molecule has 2 aliphatic heterocycles. The number of urea groups is 1. The molecule has 1 saturated heterocycles. The number of rotatable bonds is 3. The second-order valence-electron chi connectivity index (χ2n) is 7.20. The molecule has 3 amide bonds. The first-order valence-corrected chi connectivity index (χ1v) is 9.32. The fraction of sp³-hybridized carbons (Fsp3) is 0.579. The van der Waals surface area contributed by atoms with Crippen LogP contribution in [0, 0.1) is 5.92 Å². The van der Waals surface area contributed by atoms with Crippen LogP contribution in [-0.4, -0.2) is 49.1 Å². The summed E-state index contributed by atoms with van der Waals surface area (Å²) in [6.07, 6.45) is 5.01. The zero-order valence-electron chi connectivity index (χ0n) is 14.4. The Morgan fingerprint density at radius 2 is 1.88 bits per heavy atom. The highest BCUT2D eigenvalue weighted by Gasteiger charge is 2.36. The summed E-state index contributed by atoms with van der Waals surface area (Å²) >= 11 is 0. The molecule has 1 saturated carbocycles. The molecule has 0 radical (unpaired) electrons. The van der Waals surface area contributed by atoms with Crippen molar-refractivity contribution >= 4 is 17.6 Å². The number of ether oxygens (including phenoxy) is 1. The molecule has 0 bridgehead atoms. The van der Waals surface area contributed by atoms with Crippen LogP contribution in [0.5, 0.6) is 5.75 Å². The number of amides is 3. The smallest absolute Gasteiger partial charge is 0.322 e. The topological polar surface area (TPSA) is 61.9 Å². The molecule has 2 fully saturated rings. The van der Waals surface area contributed by atoms with Gasteiger partial charge in [-0.1, -0.05) is 12.1 Å². The molecular weight excluding hydrogens is 318 g/mol. The number of nitrogens with zero attached hydrogens (tertiary/aromatic N) is 2. The first-order chi connectivity index (χ1) is 12.2. The SMILES string of the molecule is O=C([C@@H]1CN(C(=O)NCC2CC2)c2ccccc2O1)N1CCCCC1. The van der Waals surface area contributed by atoms with Gasteiger partial charge in [-0.3, -0.25) is 9.69 Å². The van der Waals surface area contributed by atoms with Crippen molar-refractivity contribution in [3.05, 3.63) is 24.3 Å². The Kier molecular flexibility index (Phi) is 4.51. The second-order valence-corrected chi connectivity index (χ2v) is 7.20. The van der Waals surface area contributed by atoms with Gasteiger partial charge in [0.1, 0.15) is 5.75 Å². The molecular formula is C19H25N3O3. The van der Waals surface area contributed by atoms with E-state index in [2.05, 4.69) is 5.32 Å². The van der Waals surface area contributed by atoms with Crippen molar-refractivity contribution in [3.63, 3.8) is 0 Å². The van der Waals surface area contributed by atoms with Crippen LogP contribution >= 0.6 is 0 Å². The standard InChI is InChI=1S/C19H25N3O3/c23-18(21-10-4-1-5-11-21)17-13-22(19(24)20-12-14-8-9-14)15-6-2-3-7-16(15)25-17/h2-3,6-7,14,17H,1,4-5,8-13H2,(H,20,24)/t17-/m0/s1. The molecule has 25 heavy (non-hydrogen) atoms. The van der Waals surface area contributed by atoms with Gasteiger partial charge in [0.05, 0.1) is 12.2 Å². The third-order valence-electron chi connectivity index (χ3n) is 5.20. The normalized spacial score (nSPS) is 22.8. The summed E-state index contributed by atoms with van der Waals surface area (Å²) in [5.74, 6) is 1.21. The number of carbonyl (C=O) groups is 2. The highest BCUT2D eigenvalue weighted by molar-refractivity contribution is 5.96. The van der Waals surface area contributed by atoms with Crippen molar-refractivity contribution < 1.29 is 14.3 Å². The van der Waals surface area contributed by atoms with E-state index in [4.69, 9.17) is 4.74 Å². The molecule has 1 aliphatic carbocycles. The summed E-state index contributed by atoms with van der Waals surface area (Å²) < 4.78 is 5.95. The Hall–Kier alpha value is -2.24. The van der Waals surface area contributed by atoms with E-state index < -0.39 is 6.10 Å². The quantitative estimate of drug-likeness (QED) is 0.917. The molecule has 0 aromatic heterocycles. The molecule has 6 heteroatoms. The van der Waals surface area contributed by atoms with Crippen molar-refractivity contribution in [3.8, 4) is 5.75 Å². The molecule has 0 spiro atoms. The number of para-hydroxylation sites is 2. The zero-order chi connectivity index (χ0) is 17.2. The number of nitrogens with one attached hydrogen (secondary N) is 1. The predicted octanol–water partition coefficient (Wildman–Crippen LogP) is 2.39. The number of hydrogen-bond acceptors (Lipinski definition) is 3. The minimum Gasteiger partial charge on any atom is -0.476 e. The number of piperidine rings is 1. The maximum atomic E-state index is 12.8. The van der Waals surface area contributed by atoms with Crippen LogP contribution in [0.15, 0.2) is 24.3 Å².